The smallest absolute Gasteiger partial charge is 0.289 e. The second-order valence-corrected chi connectivity index (χ2v) is 7.73. The molecule has 3 aliphatic rings. The lowest BCUT2D eigenvalue weighted by Crippen LogP contribution is -2.51. The maximum atomic E-state index is 13.1. The number of hydrogen-bond acceptors (Lipinski definition) is 5. The highest BCUT2D eigenvalue weighted by Crippen LogP contribution is 2.42. The molecule has 0 bridgehead atoms. The number of rotatable bonds is 4. The quantitative estimate of drug-likeness (QED) is 0.813. The maximum absolute atomic E-state index is 13.1. The summed E-state index contributed by atoms with van der Waals surface area (Å²) in [5, 5.41) is 0. The summed E-state index contributed by atoms with van der Waals surface area (Å²) in [7, 11) is 1.38. The zero-order valence-electron chi connectivity index (χ0n) is 15.0. The van der Waals surface area contributed by atoms with Gasteiger partial charge in [0, 0.05) is 32.2 Å². The molecule has 1 atom stereocenters. The van der Waals surface area contributed by atoms with Crippen molar-refractivity contribution in [2.24, 2.45) is 11.3 Å². The summed E-state index contributed by atoms with van der Waals surface area (Å²) >= 11 is 0. The largest absolute Gasteiger partial charge is 0.490 e. The fraction of sp³-hybridized carbons (Fsp3) is 0.632. The van der Waals surface area contributed by atoms with Gasteiger partial charge in [-0.3, -0.25) is 14.4 Å². The van der Waals surface area contributed by atoms with Crippen molar-refractivity contribution in [3.63, 3.8) is 0 Å². The second-order valence-electron chi connectivity index (χ2n) is 7.73. The molecule has 7 nitrogen and oxygen atoms in total. The Kier molecular flexibility index (Phi) is 4.25. The van der Waals surface area contributed by atoms with Crippen molar-refractivity contribution in [3.05, 3.63) is 28.3 Å². The van der Waals surface area contributed by atoms with Gasteiger partial charge in [0.1, 0.15) is 6.26 Å². The average Bonchev–Trinajstić information content (AvgIpc) is 3.36. The summed E-state index contributed by atoms with van der Waals surface area (Å²) in [6, 6.07) is 1.16. The lowest BCUT2D eigenvalue weighted by molar-refractivity contribution is -0.145. The monoisotopic (exact) mass is 360 g/mol. The number of nitrogens with zero attached hydrogens (tertiary/aromatic N) is 2. The van der Waals surface area contributed by atoms with E-state index >= 15 is 0 Å². The molecule has 2 amide bonds. The predicted octanol–water partition coefficient (Wildman–Crippen LogP) is 1.51. The van der Waals surface area contributed by atoms with E-state index in [0.29, 0.717) is 25.4 Å². The molecule has 2 saturated heterocycles. The van der Waals surface area contributed by atoms with E-state index in [9.17, 15) is 14.4 Å². The van der Waals surface area contributed by atoms with Crippen LogP contribution >= 0.6 is 0 Å². The molecule has 0 N–H and O–H groups in total. The fourth-order valence-electron chi connectivity index (χ4n) is 4.18. The third kappa shape index (κ3) is 2.99. The molecule has 4 rings (SSSR count). The lowest BCUT2D eigenvalue weighted by Gasteiger charge is -2.39. The fourth-order valence-corrected chi connectivity index (χ4v) is 4.18. The highest BCUT2D eigenvalue weighted by molar-refractivity contribution is 5.93. The number of piperidine rings is 1. The van der Waals surface area contributed by atoms with Gasteiger partial charge in [-0.2, -0.15) is 0 Å². The molecule has 26 heavy (non-hydrogen) atoms. The Hall–Kier alpha value is -2.31. The van der Waals surface area contributed by atoms with E-state index in [2.05, 4.69) is 0 Å². The zero-order valence-corrected chi connectivity index (χ0v) is 15.0. The number of ether oxygens (including phenoxy) is 1. The number of likely N-dealkylation sites (tertiary alicyclic amines) is 2. The van der Waals surface area contributed by atoms with Crippen LogP contribution in [0.1, 0.15) is 42.7 Å². The number of carbonyl (C=O) groups is 2. The van der Waals surface area contributed by atoms with Gasteiger partial charge in [-0.05, 0) is 38.0 Å². The van der Waals surface area contributed by atoms with Crippen LogP contribution in [0.3, 0.4) is 0 Å². The molecule has 1 aliphatic carbocycles. The molecule has 0 radical (unpaired) electrons. The molecule has 1 unspecified atom stereocenters. The number of methoxy groups -OCH3 is 1. The summed E-state index contributed by atoms with van der Waals surface area (Å²) in [6.07, 6.45) is 6.08. The van der Waals surface area contributed by atoms with E-state index in [1.807, 2.05) is 4.90 Å². The van der Waals surface area contributed by atoms with Crippen LogP contribution in [-0.4, -0.2) is 54.9 Å². The van der Waals surface area contributed by atoms with Crippen LogP contribution in [0.25, 0.3) is 0 Å². The molecule has 3 heterocycles. The van der Waals surface area contributed by atoms with Crippen molar-refractivity contribution >= 4 is 11.8 Å². The summed E-state index contributed by atoms with van der Waals surface area (Å²) in [4.78, 5) is 41.3. The molecule has 1 spiro atoms. The van der Waals surface area contributed by atoms with E-state index in [0.717, 1.165) is 38.3 Å². The highest BCUT2D eigenvalue weighted by atomic mass is 16.5. The summed E-state index contributed by atoms with van der Waals surface area (Å²) in [6.45, 7) is 2.61. The van der Waals surface area contributed by atoms with Gasteiger partial charge in [-0.1, -0.05) is 0 Å². The Morgan fingerprint density at radius 2 is 2.12 bits per heavy atom. The molecule has 140 valence electrons. The van der Waals surface area contributed by atoms with E-state index in [1.165, 1.54) is 20.0 Å². The standard InChI is InChI=1S/C19H24N2O5/c1-25-16-11-26-15(9-14(16)22)17(23)21-8-6-19(12-21)5-2-7-20(18(19)24)10-13-3-4-13/h9,11,13H,2-8,10,12H2,1H3. The number of hydrogen-bond donors (Lipinski definition) is 0. The van der Waals surface area contributed by atoms with Crippen LogP contribution in [0.5, 0.6) is 5.75 Å². The van der Waals surface area contributed by atoms with Gasteiger partial charge < -0.3 is 19.0 Å². The molecule has 1 aromatic heterocycles. The molecule has 2 aliphatic heterocycles. The van der Waals surface area contributed by atoms with Crippen molar-refractivity contribution < 1.29 is 18.7 Å². The van der Waals surface area contributed by atoms with Crippen LogP contribution in [0.2, 0.25) is 0 Å². The van der Waals surface area contributed by atoms with Gasteiger partial charge in [0.2, 0.25) is 17.1 Å². The minimum absolute atomic E-state index is 0.00838. The van der Waals surface area contributed by atoms with E-state index < -0.39 is 5.41 Å². The third-order valence-corrected chi connectivity index (χ3v) is 5.87. The molecular weight excluding hydrogens is 336 g/mol. The van der Waals surface area contributed by atoms with Crippen LogP contribution in [0.15, 0.2) is 21.5 Å². The lowest BCUT2D eigenvalue weighted by atomic mass is 9.78. The Bertz CT molecular complexity index is 784. The maximum Gasteiger partial charge on any atom is 0.289 e. The summed E-state index contributed by atoms with van der Waals surface area (Å²) in [5.41, 5.74) is -0.851. The number of carbonyl (C=O) groups excluding carboxylic acids is 2. The van der Waals surface area contributed by atoms with Gasteiger partial charge >= 0.3 is 0 Å². The van der Waals surface area contributed by atoms with Gasteiger partial charge in [0.15, 0.2) is 5.76 Å². The summed E-state index contributed by atoms with van der Waals surface area (Å²) in [5.74, 6) is 0.584. The zero-order chi connectivity index (χ0) is 18.3. The Morgan fingerprint density at radius 3 is 2.81 bits per heavy atom. The first-order valence-corrected chi connectivity index (χ1v) is 9.28. The Balaban J connectivity index is 1.48. The van der Waals surface area contributed by atoms with Crippen molar-refractivity contribution in [2.75, 3.05) is 33.3 Å². The average molecular weight is 360 g/mol. The second kappa shape index (κ2) is 6.45. The Labute approximate surface area is 151 Å². The van der Waals surface area contributed by atoms with Crippen molar-refractivity contribution in [3.8, 4) is 5.75 Å². The first kappa shape index (κ1) is 17.1. The Morgan fingerprint density at radius 1 is 1.31 bits per heavy atom. The summed E-state index contributed by atoms with van der Waals surface area (Å²) < 4.78 is 10.2. The molecule has 1 aromatic rings. The molecule has 1 saturated carbocycles. The van der Waals surface area contributed by atoms with Crippen LogP contribution in [0, 0.1) is 11.3 Å². The van der Waals surface area contributed by atoms with E-state index in [-0.39, 0.29) is 28.8 Å². The van der Waals surface area contributed by atoms with Crippen LogP contribution < -0.4 is 10.2 Å². The molecular formula is C19H24N2O5. The van der Waals surface area contributed by atoms with E-state index in [4.69, 9.17) is 9.15 Å². The van der Waals surface area contributed by atoms with Gasteiger partial charge in [-0.25, -0.2) is 0 Å². The van der Waals surface area contributed by atoms with Gasteiger partial charge in [-0.15, -0.1) is 0 Å². The van der Waals surface area contributed by atoms with Crippen LogP contribution in [0.4, 0.5) is 0 Å². The van der Waals surface area contributed by atoms with Crippen molar-refractivity contribution in [2.45, 2.75) is 32.1 Å². The highest BCUT2D eigenvalue weighted by Gasteiger charge is 2.50. The first-order chi connectivity index (χ1) is 12.5. The topological polar surface area (TPSA) is 80.1 Å². The van der Waals surface area contributed by atoms with Crippen molar-refractivity contribution in [1.29, 1.82) is 0 Å². The van der Waals surface area contributed by atoms with Crippen LogP contribution in [-0.2, 0) is 4.79 Å². The SMILES string of the molecule is COc1coc(C(=O)N2CCC3(CCCN(CC4CC4)C3=O)C2)cc1=O. The number of amides is 2. The van der Waals surface area contributed by atoms with Crippen molar-refractivity contribution in [1.82, 2.24) is 9.80 Å². The predicted molar refractivity (Wildman–Crippen MR) is 93.0 cm³/mol. The molecule has 7 heteroatoms. The molecule has 0 aromatic carbocycles. The first-order valence-electron chi connectivity index (χ1n) is 9.28. The van der Waals surface area contributed by atoms with Gasteiger partial charge in [0.05, 0.1) is 12.5 Å². The minimum Gasteiger partial charge on any atom is -0.490 e. The van der Waals surface area contributed by atoms with E-state index in [1.54, 1.807) is 4.90 Å². The normalized spacial score (nSPS) is 25.8. The van der Waals surface area contributed by atoms with Gasteiger partial charge in [0.25, 0.3) is 5.91 Å². The minimum atomic E-state index is -0.463. The third-order valence-electron chi connectivity index (χ3n) is 5.87. The molecule has 3 fully saturated rings.